The van der Waals surface area contributed by atoms with Gasteiger partial charge in [-0.15, -0.1) is 11.8 Å². The molecule has 3 nitrogen and oxygen atoms in total. The number of para-hydroxylation sites is 1. The van der Waals surface area contributed by atoms with Crippen LogP contribution in [0.25, 0.3) is 6.08 Å². The van der Waals surface area contributed by atoms with Crippen LogP contribution in [0.1, 0.15) is 12.0 Å². The van der Waals surface area contributed by atoms with Crippen molar-refractivity contribution in [3.63, 3.8) is 0 Å². The summed E-state index contributed by atoms with van der Waals surface area (Å²) in [6.07, 6.45) is 4.34. The van der Waals surface area contributed by atoms with Gasteiger partial charge in [0.05, 0.1) is 5.69 Å². The minimum atomic E-state index is -0.165. The van der Waals surface area contributed by atoms with Crippen molar-refractivity contribution in [2.24, 2.45) is 0 Å². The minimum Gasteiger partial charge on any atom is -0.321 e. The first kappa shape index (κ1) is 19.6. The maximum Gasteiger partial charge on any atom is 0.248 e. The molecule has 1 N–H and O–H groups in total. The summed E-state index contributed by atoms with van der Waals surface area (Å²) in [5.74, 6) is 0.849. The Balaban J connectivity index is 1.95. The second kappa shape index (κ2) is 10.3. The van der Waals surface area contributed by atoms with Crippen LogP contribution >= 0.6 is 23.4 Å². The van der Waals surface area contributed by atoms with Gasteiger partial charge in [-0.1, -0.05) is 41.9 Å². The highest BCUT2D eigenvalue weighted by molar-refractivity contribution is 7.99. The van der Waals surface area contributed by atoms with Crippen LogP contribution in [0.2, 0.25) is 5.02 Å². The number of rotatable bonds is 8. The number of hydrogen-bond donors (Lipinski definition) is 1. The molecule has 0 atom stereocenters. The third-order valence-corrected chi connectivity index (χ3v) is 4.98. The lowest BCUT2D eigenvalue weighted by Gasteiger charge is -2.11. The Morgan fingerprint density at radius 1 is 1.16 bits per heavy atom. The van der Waals surface area contributed by atoms with E-state index < -0.39 is 0 Å². The highest BCUT2D eigenvalue weighted by Gasteiger charge is 2.05. The lowest BCUT2D eigenvalue weighted by Crippen LogP contribution is -2.13. The smallest absolute Gasteiger partial charge is 0.248 e. The van der Waals surface area contributed by atoms with Crippen molar-refractivity contribution in [1.82, 2.24) is 4.90 Å². The maximum atomic E-state index is 12.2. The Labute approximate surface area is 159 Å². The van der Waals surface area contributed by atoms with Gasteiger partial charge in [0.25, 0.3) is 0 Å². The highest BCUT2D eigenvalue weighted by Crippen LogP contribution is 2.27. The maximum absolute atomic E-state index is 12.2. The molecule has 2 rings (SSSR count). The van der Waals surface area contributed by atoms with E-state index >= 15 is 0 Å². The summed E-state index contributed by atoms with van der Waals surface area (Å²) in [6, 6.07) is 15.3. The fraction of sp³-hybridized carbons (Fsp3) is 0.250. The molecule has 0 fully saturated rings. The number of amides is 1. The molecule has 0 saturated heterocycles. The van der Waals surface area contributed by atoms with Crippen molar-refractivity contribution >= 4 is 41.0 Å². The van der Waals surface area contributed by atoms with Gasteiger partial charge in [0, 0.05) is 16.0 Å². The van der Waals surface area contributed by atoms with Gasteiger partial charge in [0.15, 0.2) is 0 Å². The number of nitrogens with one attached hydrogen (secondary N) is 1. The molecular weight excluding hydrogens is 352 g/mol. The summed E-state index contributed by atoms with van der Waals surface area (Å²) in [4.78, 5) is 15.5. The Morgan fingerprint density at radius 2 is 1.88 bits per heavy atom. The molecule has 25 heavy (non-hydrogen) atoms. The quantitative estimate of drug-likeness (QED) is 0.399. The predicted octanol–water partition coefficient (Wildman–Crippen LogP) is 5.04. The predicted molar refractivity (Wildman–Crippen MR) is 109 cm³/mol. The normalized spacial score (nSPS) is 11.2. The van der Waals surface area contributed by atoms with Crippen molar-refractivity contribution in [1.29, 1.82) is 0 Å². The zero-order valence-corrected chi connectivity index (χ0v) is 16.1. The molecule has 0 heterocycles. The number of benzene rings is 2. The van der Waals surface area contributed by atoms with Crippen LogP contribution in [0.4, 0.5) is 5.69 Å². The van der Waals surface area contributed by atoms with E-state index in [2.05, 4.69) is 24.3 Å². The Hall–Kier alpha value is -1.75. The second-order valence-corrected chi connectivity index (χ2v) is 7.39. The molecule has 0 radical (unpaired) electrons. The van der Waals surface area contributed by atoms with E-state index in [1.165, 1.54) is 6.08 Å². The molecule has 1 amide bonds. The number of carbonyl (C=O) groups is 1. The average molecular weight is 375 g/mol. The lowest BCUT2D eigenvalue weighted by molar-refractivity contribution is -0.111. The molecule has 2 aromatic carbocycles. The summed E-state index contributed by atoms with van der Waals surface area (Å²) in [5, 5.41) is 3.58. The molecule has 132 valence electrons. The van der Waals surface area contributed by atoms with Gasteiger partial charge >= 0.3 is 0 Å². The van der Waals surface area contributed by atoms with Crippen LogP contribution in [-0.2, 0) is 4.79 Å². The summed E-state index contributed by atoms with van der Waals surface area (Å²) < 4.78 is 0. The van der Waals surface area contributed by atoms with Gasteiger partial charge in [0.2, 0.25) is 5.91 Å². The van der Waals surface area contributed by atoms with Crippen LogP contribution in [0.15, 0.2) is 59.5 Å². The third kappa shape index (κ3) is 6.94. The molecule has 0 unspecified atom stereocenters. The summed E-state index contributed by atoms with van der Waals surface area (Å²) in [7, 11) is 4.15. The van der Waals surface area contributed by atoms with E-state index in [1.54, 1.807) is 23.9 Å². The van der Waals surface area contributed by atoms with E-state index in [-0.39, 0.29) is 5.91 Å². The molecular formula is C20H23ClN2OS. The summed E-state index contributed by atoms with van der Waals surface area (Å²) >= 11 is 7.86. The average Bonchev–Trinajstić information content (AvgIpc) is 2.59. The number of nitrogens with zero attached hydrogens (tertiary/aromatic N) is 1. The summed E-state index contributed by atoms with van der Waals surface area (Å²) in [5.41, 5.74) is 1.66. The molecule has 0 aliphatic heterocycles. The number of hydrogen-bond acceptors (Lipinski definition) is 3. The molecule has 2 aromatic rings. The number of carbonyl (C=O) groups excluding carboxylic acids is 1. The van der Waals surface area contributed by atoms with E-state index in [4.69, 9.17) is 11.6 Å². The third-order valence-electron chi connectivity index (χ3n) is 3.47. The number of anilines is 1. The van der Waals surface area contributed by atoms with E-state index in [0.717, 1.165) is 34.9 Å². The molecule has 0 bridgehead atoms. The minimum absolute atomic E-state index is 0.165. The van der Waals surface area contributed by atoms with Crippen LogP contribution < -0.4 is 5.32 Å². The SMILES string of the molecule is CN(C)CCCSc1ccccc1NC(=O)C=Cc1ccccc1Cl. The molecule has 0 saturated carbocycles. The monoisotopic (exact) mass is 374 g/mol. The molecule has 0 spiro atoms. The van der Waals surface area contributed by atoms with E-state index in [9.17, 15) is 4.79 Å². The van der Waals surface area contributed by atoms with Crippen LogP contribution in [0, 0.1) is 0 Å². The van der Waals surface area contributed by atoms with Crippen molar-refractivity contribution < 1.29 is 4.79 Å². The first-order chi connectivity index (χ1) is 12.1. The van der Waals surface area contributed by atoms with Gasteiger partial charge in [-0.05, 0) is 62.7 Å². The summed E-state index contributed by atoms with van der Waals surface area (Å²) in [6.45, 7) is 1.06. The van der Waals surface area contributed by atoms with Crippen LogP contribution in [0.3, 0.4) is 0 Å². The number of halogens is 1. The fourth-order valence-corrected chi connectivity index (χ4v) is 3.35. The largest absolute Gasteiger partial charge is 0.321 e. The van der Waals surface area contributed by atoms with Gasteiger partial charge in [-0.3, -0.25) is 4.79 Å². The molecule has 0 aliphatic carbocycles. The van der Waals surface area contributed by atoms with Gasteiger partial charge in [-0.2, -0.15) is 0 Å². The molecule has 0 aliphatic rings. The first-order valence-electron chi connectivity index (χ1n) is 8.16. The van der Waals surface area contributed by atoms with Crippen molar-refractivity contribution in [3.05, 3.63) is 65.2 Å². The van der Waals surface area contributed by atoms with E-state index in [0.29, 0.717) is 5.02 Å². The van der Waals surface area contributed by atoms with Crippen LogP contribution in [-0.4, -0.2) is 37.2 Å². The van der Waals surface area contributed by atoms with Crippen molar-refractivity contribution in [3.8, 4) is 0 Å². The van der Waals surface area contributed by atoms with Crippen molar-refractivity contribution in [2.45, 2.75) is 11.3 Å². The van der Waals surface area contributed by atoms with Gasteiger partial charge in [-0.25, -0.2) is 0 Å². The zero-order chi connectivity index (χ0) is 18.1. The van der Waals surface area contributed by atoms with Gasteiger partial charge < -0.3 is 10.2 Å². The van der Waals surface area contributed by atoms with E-state index in [1.807, 2.05) is 42.5 Å². The standard InChI is InChI=1S/C20H23ClN2OS/c1-23(2)14-7-15-25-19-11-6-5-10-18(19)22-20(24)13-12-16-8-3-4-9-17(16)21/h3-6,8-13H,7,14-15H2,1-2H3,(H,22,24). The highest BCUT2D eigenvalue weighted by atomic mass is 35.5. The first-order valence-corrected chi connectivity index (χ1v) is 9.53. The fourth-order valence-electron chi connectivity index (χ4n) is 2.21. The zero-order valence-electron chi connectivity index (χ0n) is 14.5. The second-order valence-electron chi connectivity index (χ2n) is 5.85. The molecule has 0 aromatic heterocycles. The molecule has 5 heteroatoms. The van der Waals surface area contributed by atoms with Crippen LogP contribution in [0.5, 0.6) is 0 Å². The Bertz CT molecular complexity index is 731. The Kier molecular flexibility index (Phi) is 8.06. The topological polar surface area (TPSA) is 32.3 Å². The lowest BCUT2D eigenvalue weighted by atomic mass is 10.2. The number of thioether (sulfide) groups is 1. The van der Waals surface area contributed by atoms with Gasteiger partial charge in [0.1, 0.15) is 0 Å². The van der Waals surface area contributed by atoms with Crippen molar-refractivity contribution in [2.75, 3.05) is 31.7 Å². The Morgan fingerprint density at radius 3 is 2.64 bits per heavy atom.